The number of carbonyl (C=O) groups is 1. The fourth-order valence-corrected chi connectivity index (χ4v) is 1.38. The maximum Gasteiger partial charge on any atom is 0.409 e. The fourth-order valence-electron chi connectivity index (χ4n) is 1.38. The van der Waals surface area contributed by atoms with Crippen LogP contribution in [0.25, 0.3) is 0 Å². The summed E-state index contributed by atoms with van der Waals surface area (Å²) in [5, 5.41) is 1.56. The number of amides is 1. The van der Waals surface area contributed by atoms with Crippen molar-refractivity contribution in [2.75, 3.05) is 5.32 Å². The highest BCUT2D eigenvalue weighted by atomic mass is 19.4. The summed E-state index contributed by atoms with van der Waals surface area (Å²) in [6.07, 6.45) is -6.44. The molecule has 0 fully saturated rings. The molecule has 1 aromatic rings. The molecule has 20 heavy (non-hydrogen) atoms. The molecule has 0 saturated carbocycles. The molecule has 0 heterocycles. The van der Waals surface area contributed by atoms with Gasteiger partial charge in [0, 0.05) is 11.3 Å². The largest absolute Gasteiger partial charge is 0.409 e. The molecule has 0 aliphatic heterocycles. The van der Waals surface area contributed by atoms with Crippen molar-refractivity contribution in [1.82, 2.24) is 0 Å². The Labute approximate surface area is 109 Å². The van der Waals surface area contributed by atoms with Crippen molar-refractivity contribution in [1.29, 1.82) is 0 Å². The molecule has 0 bridgehead atoms. The summed E-state index contributed by atoms with van der Waals surface area (Å²) in [7, 11) is 0. The molecule has 0 aliphatic carbocycles. The number of hydrogen-bond acceptors (Lipinski definition) is 1. The number of carbonyl (C=O) groups excluding carboxylic acids is 1. The first-order chi connectivity index (χ1) is 9.05. The van der Waals surface area contributed by atoms with Gasteiger partial charge in [0.25, 0.3) is 0 Å². The van der Waals surface area contributed by atoms with Gasteiger partial charge in [0.15, 0.2) is 0 Å². The molecule has 1 aromatic carbocycles. The number of rotatable bonds is 2. The average molecular weight is 295 g/mol. The van der Waals surface area contributed by atoms with Crippen molar-refractivity contribution in [3.05, 3.63) is 29.8 Å². The molecule has 0 aliphatic rings. The van der Waals surface area contributed by atoms with E-state index in [9.17, 15) is 31.1 Å². The Morgan fingerprint density at radius 2 is 1.70 bits per heavy atom. The summed E-state index contributed by atoms with van der Waals surface area (Å²) in [5.74, 6) is -4.17. The second-order valence-electron chi connectivity index (χ2n) is 3.73. The zero-order valence-electron chi connectivity index (χ0n) is 9.64. The highest BCUT2D eigenvalue weighted by Crippen LogP contribution is 2.39. The van der Waals surface area contributed by atoms with E-state index in [1.54, 1.807) is 5.32 Å². The SMILES string of the molecule is C#Cc1cccc(NC(=O)C(C(F)(F)F)C(F)(F)F)c1. The highest BCUT2D eigenvalue weighted by Gasteiger charge is 2.61. The minimum absolute atomic E-state index is 0.207. The predicted molar refractivity (Wildman–Crippen MR) is 58.6 cm³/mol. The van der Waals surface area contributed by atoms with E-state index in [4.69, 9.17) is 6.42 Å². The van der Waals surface area contributed by atoms with Crippen LogP contribution in [-0.2, 0) is 4.79 Å². The number of nitrogens with one attached hydrogen (secondary N) is 1. The van der Waals surface area contributed by atoms with Crippen LogP contribution in [0.5, 0.6) is 0 Å². The lowest BCUT2D eigenvalue weighted by molar-refractivity contribution is -0.272. The third-order valence-electron chi connectivity index (χ3n) is 2.21. The van der Waals surface area contributed by atoms with E-state index in [0.717, 1.165) is 12.1 Å². The molecule has 1 N–H and O–H groups in total. The topological polar surface area (TPSA) is 29.1 Å². The van der Waals surface area contributed by atoms with Crippen LogP contribution in [0.3, 0.4) is 0 Å². The van der Waals surface area contributed by atoms with Crippen molar-refractivity contribution in [3.8, 4) is 12.3 Å². The Morgan fingerprint density at radius 3 is 2.15 bits per heavy atom. The van der Waals surface area contributed by atoms with E-state index in [-0.39, 0.29) is 11.3 Å². The molecule has 8 heteroatoms. The number of benzene rings is 1. The highest BCUT2D eigenvalue weighted by molar-refractivity contribution is 5.93. The molecule has 0 spiro atoms. The van der Waals surface area contributed by atoms with Crippen LogP contribution in [0.2, 0.25) is 0 Å². The zero-order valence-corrected chi connectivity index (χ0v) is 9.64. The van der Waals surface area contributed by atoms with E-state index in [1.165, 1.54) is 12.1 Å². The van der Waals surface area contributed by atoms with Gasteiger partial charge < -0.3 is 5.32 Å². The van der Waals surface area contributed by atoms with Gasteiger partial charge in [0.2, 0.25) is 11.8 Å². The Kier molecular flexibility index (Phi) is 4.33. The van der Waals surface area contributed by atoms with Gasteiger partial charge in [0.05, 0.1) is 0 Å². The minimum Gasteiger partial charge on any atom is -0.325 e. The monoisotopic (exact) mass is 295 g/mol. The molecule has 0 unspecified atom stereocenters. The van der Waals surface area contributed by atoms with Gasteiger partial charge in [-0.15, -0.1) is 6.42 Å². The maximum atomic E-state index is 12.3. The predicted octanol–water partition coefficient (Wildman–Crippen LogP) is 3.35. The van der Waals surface area contributed by atoms with Gasteiger partial charge in [0.1, 0.15) is 0 Å². The molecule has 0 radical (unpaired) electrons. The van der Waals surface area contributed by atoms with Gasteiger partial charge in [-0.2, -0.15) is 26.3 Å². The van der Waals surface area contributed by atoms with Gasteiger partial charge in [-0.1, -0.05) is 12.0 Å². The number of anilines is 1. The number of halogens is 6. The second-order valence-corrected chi connectivity index (χ2v) is 3.73. The summed E-state index contributed by atoms with van der Waals surface area (Å²) >= 11 is 0. The number of hydrogen-bond donors (Lipinski definition) is 1. The lowest BCUT2D eigenvalue weighted by atomic mass is 10.1. The molecule has 108 valence electrons. The van der Waals surface area contributed by atoms with E-state index < -0.39 is 24.2 Å². The average Bonchev–Trinajstić information content (AvgIpc) is 2.24. The van der Waals surface area contributed by atoms with Crippen LogP contribution < -0.4 is 5.32 Å². The molecular formula is C12H7F6NO. The Balaban J connectivity index is 3.01. The third-order valence-corrected chi connectivity index (χ3v) is 2.21. The van der Waals surface area contributed by atoms with Crippen LogP contribution in [0.1, 0.15) is 5.56 Å². The maximum absolute atomic E-state index is 12.3. The summed E-state index contributed by atoms with van der Waals surface area (Å²) in [6, 6.07) is 4.91. The first kappa shape index (κ1) is 15.9. The van der Waals surface area contributed by atoms with E-state index in [2.05, 4.69) is 5.92 Å². The van der Waals surface area contributed by atoms with Crippen molar-refractivity contribution >= 4 is 11.6 Å². The molecular weight excluding hydrogens is 288 g/mol. The van der Waals surface area contributed by atoms with E-state index >= 15 is 0 Å². The molecule has 0 atom stereocenters. The van der Waals surface area contributed by atoms with Crippen LogP contribution in [0, 0.1) is 18.3 Å². The number of alkyl halides is 6. The standard InChI is InChI=1S/C12H7F6NO/c1-2-7-4-3-5-8(6-7)19-10(20)9(11(13,14)15)12(16,17)18/h1,3-6,9H,(H,19,20). The number of terminal acetylenes is 1. The van der Waals surface area contributed by atoms with Gasteiger partial charge in [-0.3, -0.25) is 4.79 Å². The lowest BCUT2D eigenvalue weighted by Gasteiger charge is -2.22. The van der Waals surface area contributed by atoms with Crippen LogP contribution >= 0.6 is 0 Å². The van der Waals surface area contributed by atoms with Gasteiger partial charge in [-0.25, -0.2) is 0 Å². The van der Waals surface area contributed by atoms with Crippen molar-refractivity contribution in [2.45, 2.75) is 12.4 Å². The smallest absolute Gasteiger partial charge is 0.325 e. The first-order valence-corrected chi connectivity index (χ1v) is 5.06. The summed E-state index contributed by atoms with van der Waals surface area (Å²) in [5.41, 5.74) is -0.0395. The van der Waals surface area contributed by atoms with Crippen LogP contribution in [-0.4, -0.2) is 18.3 Å². The molecule has 2 nitrogen and oxygen atoms in total. The fraction of sp³-hybridized carbons (Fsp3) is 0.250. The zero-order chi connectivity index (χ0) is 15.6. The first-order valence-electron chi connectivity index (χ1n) is 5.06. The minimum atomic E-state index is -5.73. The Hall–Kier alpha value is -2.17. The molecule has 1 amide bonds. The Bertz CT molecular complexity index is 526. The van der Waals surface area contributed by atoms with Gasteiger partial charge in [-0.05, 0) is 18.2 Å². The summed E-state index contributed by atoms with van der Waals surface area (Å²) in [6.45, 7) is 0. The second kappa shape index (κ2) is 5.45. The Morgan fingerprint density at radius 1 is 1.15 bits per heavy atom. The lowest BCUT2D eigenvalue weighted by Crippen LogP contribution is -2.45. The summed E-state index contributed by atoms with van der Waals surface area (Å²) in [4.78, 5) is 11.2. The third kappa shape index (κ3) is 3.91. The normalized spacial score (nSPS) is 12.1. The van der Waals surface area contributed by atoms with Crippen molar-refractivity contribution in [2.24, 2.45) is 5.92 Å². The van der Waals surface area contributed by atoms with Crippen LogP contribution in [0.4, 0.5) is 32.0 Å². The molecule has 0 saturated heterocycles. The van der Waals surface area contributed by atoms with E-state index in [0.29, 0.717) is 0 Å². The molecule has 0 aromatic heterocycles. The van der Waals surface area contributed by atoms with Crippen molar-refractivity contribution < 1.29 is 31.1 Å². The quantitative estimate of drug-likeness (QED) is 0.658. The molecule has 1 rings (SSSR count). The van der Waals surface area contributed by atoms with Crippen molar-refractivity contribution in [3.63, 3.8) is 0 Å². The van der Waals surface area contributed by atoms with Crippen LogP contribution in [0.15, 0.2) is 24.3 Å². The summed E-state index contributed by atoms with van der Waals surface area (Å²) < 4.78 is 73.8. The van der Waals surface area contributed by atoms with E-state index in [1.807, 2.05) is 0 Å². The van der Waals surface area contributed by atoms with Gasteiger partial charge >= 0.3 is 12.4 Å².